The van der Waals surface area contributed by atoms with Gasteiger partial charge in [-0.3, -0.25) is 0 Å². The third-order valence-corrected chi connectivity index (χ3v) is 6.89. The molecule has 1 aliphatic rings. The van der Waals surface area contributed by atoms with Crippen LogP contribution in [0.4, 0.5) is 0 Å². The normalized spacial score (nSPS) is 18.3. The zero-order valence-electron chi connectivity index (χ0n) is 17.1. The van der Waals surface area contributed by atoms with Crippen molar-refractivity contribution in [1.82, 2.24) is 4.31 Å². The highest BCUT2D eigenvalue weighted by Crippen LogP contribution is 2.31. The second kappa shape index (κ2) is 10.0. The molecule has 0 radical (unpaired) electrons. The Bertz CT molecular complexity index is 813. The molecular formula is C23H33NO2S. The Kier molecular flexibility index (Phi) is 8.06. The summed E-state index contributed by atoms with van der Waals surface area (Å²) in [6.45, 7) is 9.56. The number of rotatable bonds is 3. The van der Waals surface area contributed by atoms with E-state index in [1.54, 1.807) is 16.4 Å². The molecule has 0 saturated carbocycles. The topological polar surface area (TPSA) is 37.4 Å². The first-order valence-corrected chi connectivity index (χ1v) is 11.5. The van der Waals surface area contributed by atoms with Crippen molar-refractivity contribution in [3.8, 4) is 0 Å². The van der Waals surface area contributed by atoms with Crippen molar-refractivity contribution in [2.75, 3.05) is 13.1 Å². The summed E-state index contributed by atoms with van der Waals surface area (Å²) in [6.07, 6.45) is 4.09. The first-order chi connectivity index (χ1) is 12.9. The number of benzene rings is 2. The quantitative estimate of drug-likeness (QED) is 0.679. The van der Waals surface area contributed by atoms with Crippen LogP contribution in [0, 0.1) is 13.8 Å². The van der Waals surface area contributed by atoms with E-state index >= 15 is 0 Å². The molecule has 0 amide bonds. The molecule has 148 valence electrons. The molecule has 1 fully saturated rings. The summed E-state index contributed by atoms with van der Waals surface area (Å²) in [7, 11) is -3.38. The highest BCUT2D eigenvalue weighted by molar-refractivity contribution is 7.89. The number of sulfonamides is 1. The third-order valence-electron chi connectivity index (χ3n) is 4.97. The summed E-state index contributed by atoms with van der Waals surface area (Å²) >= 11 is 0. The minimum Gasteiger partial charge on any atom is -0.207 e. The van der Waals surface area contributed by atoms with Crippen LogP contribution in [0.3, 0.4) is 0 Å². The fourth-order valence-corrected chi connectivity index (χ4v) is 5.02. The van der Waals surface area contributed by atoms with Gasteiger partial charge in [-0.25, -0.2) is 8.42 Å². The Morgan fingerprint density at radius 2 is 1.56 bits per heavy atom. The first kappa shape index (κ1) is 21.6. The van der Waals surface area contributed by atoms with Crippen LogP contribution in [0.5, 0.6) is 0 Å². The fraction of sp³-hybridized carbons (Fsp3) is 0.478. The summed E-state index contributed by atoms with van der Waals surface area (Å²) in [4.78, 5) is 0.405. The number of aryl methyl sites for hydroxylation is 2. The summed E-state index contributed by atoms with van der Waals surface area (Å²) < 4.78 is 27.4. The maximum atomic E-state index is 12.9. The van der Waals surface area contributed by atoms with Crippen LogP contribution in [0.15, 0.2) is 53.4 Å². The second-order valence-electron chi connectivity index (χ2n) is 7.41. The molecule has 27 heavy (non-hydrogen) atoms. The van der Waals surface area contributed by atoms with Crippen LogP contribution in [0.25, 0.3) is 0 Å². The second-order valence-corrected chi connectivity index (χ2v) is 9.35. The maximum absolute atomic E-state index is 12.9. The van der Waals surface area contributed by atoms with Crippen molar-refractivity contribution in [2.45, 2.75) is 64.2 Å². The zero-order valence-corrected chi connectivity index (χ0v) is 17.9. The van der Waals surface area contributed by atoms with Crippen LogP contribution >= 0.6 is 0 Å². The lowest BCUT2D eigenvalue weighted by Crippen LogP contribution is -2.32. The molecule has 2 aromatic carbocycles. The van der Waals surface area contributed by atoms with Crippen molar-refractivity contribution in [1.29, 1.82) is 0 Å². The van der Waals surface area contributed by atoms with Crippen LogP contribution in [-0.4, -0.2) is 25.8 Å². The van der Waals surface area contributed by atoms with E-state index < -0.39 is 10.0 Å². The van der Waals surface area contributed by atoms with Crippen LogP contribution in [-0.2, 0) is 10.0 Å². The molecule has 0 spiro atoms. The van der Waals surface area contributed by atoms with Gasteiger partial charge in [-0.15, -0.1) is 0 Å². The average Bonchev–Trinajstić information content (AvgIpc) is 2.90. The molecule has 1 heterocycles. The first-order valence-electron chi connectivity index (χ1n) is 10.0. The Hall–Kier alpha value is -1.65. The van der Waals surface area contributed by atoms with Gasteiger partial charge in [0.2, 0.25) is 10.0 Å². The molecule has 0 bridgehead atoms. The van der Waals surface area contributed by atoms with Gasteiger partial charge in [-0.05, 0) is 62.3 Å². The molecule has 4 heteroatoms. The van der Waals surface area contributed by atoms with E-state index in [0.29, 0.717) is 23.9 Å². The van der Waals surface area contributed by atoms with Crippen molar-refractivity contribution in [2.24, 2.45) is 0 Å². The van der Waals surface area contributed by atoms with Gasteiger partial charge < -0.3 is 0 Å². The lowest BCUT2D eigenvalue weighted by molar-refractivity contribution is 0.421. The molecule has 3 rings (SSSR count). The minimum absolute atomic E-state index is 0.405. The third kappa shape index (κ3) is 5.66. The van der Waals surface area contributed by atoms with E-state index in [1.165, 1.54) is 17.5 Å². The molecule has 2 aromatic rings. The Morgan fingerprint density at radius 1 is 0.926 bits per heavy atom. The fourth-order valence-electron chi connectivity index (χ4n) is 3.53. The van der Waals surface area contributed by atoms with E-state index in [1.807, 2.05) is 19.1 Å². The van der Waals surface area contributed by atoms with Crippen LogP contribution in [0.1, 0.15) is 62.1 Å². The standard InChI is InChI=1S/C20H25NO2S.C3H8/c1-16-9-11-19(12-10-16)24(22,23)21-14-5-7-18(13-15-21)20-8-4-3-6-17(20)2;1-3-2/h3-4,6,8-12,18H,5,7,13-15H2,1-2H3;3H2,1-2H3. The zero-order chi connectivity index (χ0) is 19.9. The van der Waals surface area contributed by atoms with Crippen molar-refractivity contribution < 1.29 is 8.42 Å². The van der Waals surface area contributed by atoms with Gasteiger partial charge in [0.25, 0.3) is 0 Å². The predicted molar refractivity (Wildman–Crippen MR) is 114 cm³/mol. The lowest BCUT2D eigenvalue weighted by atomic mass is 9.89. The molecule has 1 saturated heterocycles. The molecule has 0 aromatic heterocycles. The van der Waals surface area contributed by atoms with E-state index in [9.17, 15) is 8.42 Å². The van der Waals surface area contributed by atoms with E-state index in [4.69, 9.17) is 0 Å². The molecule has 1 unspecified atom stereocenters. The molecule has 1 atom stereocenters. The lowest BCUT2D eigenvalue weighted by Gasteiger charge is -2.21. The SMILES string of the molecule is CCC.Cc1ccc(S(=O)(=O)N2CCCC(c3ccccc3C)CC2)cc1. The van der Waals surface area contributed by atoms with E-state index in [2.05, 4.69) is 45.0 Å². The Labute approximate surface area is 165 Å². The van der Waals surface area contributed by atoms with Gasteiger partial charge in [0.05, 0.1) is 4.90 Å². The van der Waals surface area contributed by atoms with Gasteiger partial charge in [0, 0.05) is 13.1 Å². The molecular weight excluding hydrogens is 354 g/mol. The average molecular weight is 388 g/mol. The minimum atomic E-state index is -3.38. The van der Waals surface area contributed by atoms with E-state index in [0.717, 1.165) is 24.8 Å². The smallest absolute Gasteiger partial charge is 0.207 e. The largest absolute Gasteiger partial charge is 0.243 e. The Balaban J connectivity index is 0.000000817. The highest BCUT2D eigenvalue weighted by Gasteiger charge is 2.28. The monoisotopic (exact) mass is 387 g/mol. The molecule has 0 N–H and O–H groups in total. The molecule has 0 aliphatic carbocycles. The van der Waals surface area contributed by atoms with Gasteiger partial charge in [-0.1, -0.05) is 62.2 Å². The van der Waals surface area contributed by atoms with E-state index in [-0.39, 0.29) is 0 Å². The summed E-state index contributed by atoms with van der Waals surface area (Å²) in [5.41, 5.74) is 3.74. The number of hydrogen-bond acceptors (Lipinski definition) is 2. The van der Waals surface area contributed by atoms with Crippen LogP contribution < -0.4 is 0 Å². The van der Waals surface area contributed by atoms with Gasteiger partial charge in [-0.2, -0.15) is 4.31 Å². The maximum Gasteiger partial charge on any atom is 0.243 e. The van der Waals surface area contributed by atoms with Crippen molar-refractivity contribution in [3.63, 3.8) is 0 Å². The summed E-state index contributed by atoms with van der Waals surface area (Å²) in [5, 5.41) is 0. The summed E-state index contributed by atoms with van der Waals surface area (Å²) in [6, 6.07) is 15.6. The van der Waals surface area contributed by atoms with Crippen molar-refractivity contribution >= 4 is 10.0 Å². The van der Waals surface area contributed by atoms with Gasteiger partial charge in [0.1, 0.15) is 0 Å². The molecule has 3 nitrogen and oxygen atoms in total. The van der Waals surface area contributed by atoms with Crippen LogP contribution in [0.2, 0.25) is 0 Å². The van der Waals surface area contributed by atoms with Crippen molar-refractivity contribution in [3.05, 3.63) is 65.2 Å². The van der Waals surface area contributed by atoms with Gasteiger partial charge in [0.15, 0.2) is 0 Å². The predicted octanol–water partition coefficient (Wildman–Crippen LogP) is 5.68. The van der Waals surface area contributed by atoms with Gasteiger partial charge >= 0.3 is 0 Å². The molecule has 1 aliphatic heterocycles. The number of hydrogen-bond donors (Lipinski definition) is 0. The summed E-state index contributed by atoms with van der Waals surface area (Å²) in [5.74, 6) is 0.449. The highest BCUT2D eigenvalue weighted by atomic mass is 32.2. The number of nitrogens with zero attached hydrogens (tertiary/aromatic N) is 1. The Morgan fingerprint density at radius 3 is 2.19 bits per heavy atom.